The van der Waals surface area contributed by atoms with Crippen molar-refractivity contribution in [3.8, 4) is 0 Å². The molecule has 1 aromatic carbocycles. The molecule has 1 aliphatic rings. The van der Waals surface area contributed by atoms with Crippen molar-refractivity contribution in [2.24, 2.45) is 10.4 Å². The van der Waals surface area contributed by atoms with E-state index in [1.165, 1.54) is 31.4 Å². The van der Waals surface area contributed by atoms with Crippen LogP contribution in [-0.4, -0.2) is 32.8 Å². The largest absolute Gasteiger partial charge is 0.459 e. The Bertz CT molecular complexity index is 802. The van der Waals surface area contributed by atoms with Crippen molar-refractivity contribution < 1.29 is 13.5 Å². The smallest absolute Gasteiger partial charge is 0.191 e. The Hall–Kier alpha value is -1.35. The van der Waals surface area contributed by atoms with Gasteiger partial charge in [0, 0.05) is 37.8 Å². The number of benzene rings is 1. The molecule has 2 aromatic rings. The Balaban J connectivity index is 0.00000280. The summed E-state index contributed by atoms with van der Waals surface area (Å²) in [5.74, 6) is 1.30. The van der Waals surface area contributed by atoms with E-state index in [0.717, 1.165) is 48.8 Å². The minimum Gasteiger partial charge on any atom is -0.459 e. The van der Waals surface area contributed by atoms with Crippen molar-refractivity contribution in [1.29, 1.82) is 0 Å². The van der Waals surface area contributed by atoms with Crippen LogP contribution >= 0.6 is 24.0 Å². The summed E-state index contributed by atoms with van der Waals surface area (Å²) in [5, 5.41) is 7.60. The fraction of sp³-hybridized carbons (Fsp3) is 0.571. The van der Waals surface area contributed by atoms with E-state index in [1.807, 2.05) is 6.92 Å². The minimum absolute atomic E-state index is 0. The molecule has 0 bridgehead atoms. The number of nitrogens with one attached hydrogen (secondary N) is 2. The Labute approximate surface area is 183 Å². The predicted octanol–water partition coefficient (Wildman–Crippen LogP) is 4.76. The molecule has 1 saturated carbocycles. The summed E-state index contributed by atoms with van der Waals surface area (Å²) in [5.41, 5.74) is 1.96. The van der Waals surface area contributed by atoms with Crippen molar-refractivity contribution in [1.82, 2.24) is 10.6 Å². The number of fused-ring (bicyclic) bond motifs is 1. The van der Waals surface area contributed by atoms with E-state index in [2.05, 4.69) is 22.5 Å². The number of halogens is 2. The summed E-state index contributed by atoms with van der Waals surface area (Å²) in [6.45, 7) is 6.90. The molecule has 0 aliphatic heterocycles. The molecule has 5 nitrogen and oxygen atoms in total. The summed E-state index contributed by atoms with van der Waals surface area (Å²) in [6, 6.07) is 4.60. The maximum absolute atomic E-state index is 13.5. The van der Waals surface area contributed by atoms with Crippen LogP contribution in [0.5, 0.6) is 0 Å². The van der Waals surface area contributed by atoms with Crippen molar-refractivity contribution >= 4 is 40.9 Å². The molecule has 0 radical (unpaired) electrons. The second kappa shape index (κ2) is 10.4. The van der Waals surface area contributed by atoms with Crippen molar-refractivity contribution in [3.63, 3.8) is 0 Å². The Morgan fingerprint density at radius 2 is 2.11 bits per heavy atom. The number of aliphatic imine (C=N–C) groups is 1. The van der Waals surface area contributed by atoms with Gasteiger partial charge in [0.15, 0.2) is 5.96 Å². The van der Waals surface area contributed by atoms with Crippen LogP contribution in [0.25, 0.3) is 11.0 Å². The van der Waals surface area contributed by atoms with Crippen LogP contribution in [0.15, 0.2) is 27.6 Å². The van der Waals surface area contributed by atoms with Crippen LogP contribution in [0, 0.1) is 18.2 Å². The fourth-order valence-electron chi connectivity index (χ4n) is 3.67. The number of methoxy groups -OCH3 is 1. The van der Waals surface area contributed by atoms with Crippen LogP contribution in [0.2, 0.25) is 0 Å². The van der Waals surface area contributed by atoms with E-state index in [0.29, 0.717) is 17.5 Å². The van der Waals surface area contributed by atoms with Gasteiger partial charge in [0.1, 0.15) is 23.7 Å². The number of ether oxygens (including phenoxy) is 1. The zero-order chi connectivity index (χ0) is 19.3. The number of hydrogen-bond acceptors (Lipinski definition) is 3. The molecule has 3 rings (SSSR count). The zero-order valence-electron chi connectivity index (χ0n) is 16.9. The van der Waals surface area contributed by atoms with E-state index in [4.69, 9.17) is 9.15 Å². The average Bonchev–Trinajstić information content (AvgIpc) is 2.94. The number of nitrogens with zero attached hydrogens (tertiary/aromatic N) is 1. The van der Waals surface area contributed by atoms with Gasteiger partial charge in [-0.2, -0.15) is 0 Å². The predicted molar refractivity (Wildman–Crippen MR) is 122 cm³/mol. The average molecular weight is 503 g/mol. The summed E-state index contributed by atoms with van der Waals surface area (Å²) in [4.78, 5) is 4.68. The van der Waals surface area contributed by atoms with Crippen molar-refractivity contribution in [2.45, 2.75) is 46.1 Å². The molecule has 28 heavy (non-hydrogen) atoms. The molecule has 2 N–H and O–H groups in total. The van der Waals surface area contributed by atoms with Crippen molar-refractivity contribution in [2.75, 3.05) is 26.8 Å². The zero-order valence-corrected chi connectivity index (χ0v) is 19.3. The number of furan rings is 1. The van der Waals surface area contributed by atoms with Gasteiger partial charge < -0.3 is 19.8 Å². The SMILES string of the molecule is CCNC(=NCc1oc2ccc(F)cc2c1C)NCC1(CCOC)CCC1.I. The van der Waals surface area contributed by atoms with Gasteiger partial charge in [0.05, 0.1) is 0 Å². The van der Waals surface area contributed by atoms with Gasteiger partial charge in [-0.15, -0.1) is 24.0 Å². The van der Waals surface area contributed by atoms with Gasteiger partial charge >= 0.3 is 0 Å². The Kier molecular flexibility index (Phi) is 8.55. The molecule has 0 atom stereocenters. The highest BCUT2D eigenvalue weighted by Crippen LogP contribution is 2.43. The standard InChI is InChI=1S/C21H30FN3O2.HI/c1-4-23-20(25-14-21(8-5-9-21)10-11-26-3)24-13-19-15(2)17-12-16(22)6-7-18(17)27-19;/h6-7,12H,4-5,8-11,13-14H2,1-3H3,(H2,23,24,25);1H. The van der Waals surface area contributed by atoms with E-state index in [9.17, 15) is 4.39 Å². The third-order valence-corrected chi connectivity index (χ3v) is 5.60. The van der Waals surface area contributed by atoms with Crippen LogP contribution in [0.3, 0.4) is 0 Å². The highest BCUT2D eigenvalue weighted by atomic mass is 127. The molecular weight excluding hydrogens is 472 g/mol. The van der Waals surface area contributed by atoms with Gasteiger partial charge in [-0.25, -0.2) is 9.38 Å². The Morgan fingerprint density at radius 3 is 2.75 bits per heavy atom. The van der Waals surface area contributed by atoms with Gasteiger partial charge in [-0.3, -0.25) is 0 Å². The quantitative estimate of drug-likeness (QED) is 0.310. The molecule has 7 heteroatoms. The van der Waals surface area contributed by atoms with Crippen molar-refractivity contribution in [3.05, 3.63) is 35.3 Å². The lowest BCUT2D eigenvalue weighted by molar-refractivity contribution is 0.0732. The van der Waals surface area contributed by atoms with Crippen LogP contribution in [0.1, 0.15) is 43.9 Å². The molecule has 0 spiro atoms. The lowest BCUT2D eigenvalue weighted by Gasteiger charge is -2.42. The molecule has 0 saturated heterocycles. The summed E-state index contributed by atoms with van der Waals surface area (Å²) in [7, 11) is 1.76. The molecule has 1 aliphatic carbocycles. The van der Waals surface area contributed by atoms with E-state index >= 15 is 0 Å². The van der Waals surface area contributed by atoms with E-state index in [1.54, 1.807) is 13.2 Å². The number of hydrogen-bond donors (Lipinski definition) is 2. The first-order valence-corrected chi connectivity index (χ1v) is 9.75. The molecular formula is C21H31FIN3O2. The first-order valence-electron chi connectivity index (χ1n) is 9.75. The van der Waals surface area contributed by atoms with Gasteiger partial charge in [-0.05, 0) is 56.7 Å². The van der Waals surface area contributed by atoms with Gasteiger partial charge in [0.25, 0.3) is 0 Å². The third kappa shape index (κ3) is 5.37. The third-order valence-electron chi connectivity index (χ3n) is 5.60. The summed E-state index contributed by atoms with van der Waals surface area (Å²) >= 11 is 0. The Morgan fingerprint density at radius 1 is 1.32 bits per heavy atom. The topological polar surface area (TPSA) is 58.8 Å². The second-order valence-corrected chi connectivity index (χ2v) is 7.44. The number of rotatable bonds is 8. The maximum Gasteiger partial charge on any atom is 0.191 e. The molecule has 1 aromatic heterocycles. The molecule has 0 amide bonds. The van der Waals surface area contributed by atoms with E-state index in [-0.39, 0.29) is 29.8 Å². The number of guanidine groups is 1. The highest BCUT2D eigenvalue weighted by Gasteiger charge is 2.36. The first-order chi connectivity index (χ1) is 13.1. The second-order valence-electron chi connectivity index (χ2n) is 7.44. The maximum atomic E-state index is 13.5. The normalized spacial score (nSPS) is 15.8. The van der Waals surface area contributed by atoms with Crippen LogP contribution in [-0.2, 0) is 11.3 Å². The monoisotopic (exact) mass is 503 g/mol. The molecule has 1 fully saturated rings. The van der Waals surface area contributed by atoms with Gasteiger partial charge in [-0.1, -0.05) is 6.42 Å². The summed E-state index contributed by atoms with van der Waals surface area (Å²) in [6.07, 6.45) is 4.83. The van der Waals surface area contributed by atoms with Crippen LogP contribution in [0.4, 0.5) is 4.39 Å². The fourth-order valence-corrected chi connectivity index (χ4v) is 3.67. The van der Waals surface area contributed by atoms with E-state index < -0.39 is 0 Å². The summed E-state index contributed by atoms with van der Waals surface area (Å²) < 4.78 is 24.6. The molecule has 1 heterocycles. The lowest BCUT2D eigenvalue weighted by Crippen LogP contribution is -2.46. The van der Waals surface area contributed by atoms with Gasteiger partial charge in [0.2, 0.25) is 0 Å². The highest BCUT2D eigenvalue weighted by molar-refractivity contribution is 14.0. The molecule has 0 unspecified atom stereocenters. The lowest BCUT2D eigenvalue weighted by atomic mass is 9.67. The first kappa shape index (κ1) is 22.9. The minimum atomic E-state index is -0.252. The van der Waals surface area contributed by atoms with Crippen LogP contribution < -0.4 is 10.6 Å². The molecule has 156 valence electrons. The number of aryl methyl sites for hydroxylation is 1.